The highest BCUT2D eigenvalue weighted by Gasteiger charge is 2.38. The fraction of sp³-hybridized carbons (Fsp3) is 0.531. The summed E-state index contributed by atoms with van der Waals surface area (Å²) in [4.78, 5) is 12.5. The van der Waals surface area contributed by atoms with Crippen LogP contribution in [0.1, 0.15) is 94.3 Å². The van der Waals surface area contributed by atoms with Crippen molar-refractivity contribution in [3.05, 3.63) is 66.7 Å². The molecule has 2 rings (SSSR count). The molecule has 1 atom stereocenters. The zero-order valence-corrected chi connectivity index (χ0v) is 23.1. The largest absolute Gasteiger partial charge is 0.494 e. The van der Waals surface area contributed by atoms with Gasteiger partial charge in [0.1, 0.15) is 17.2 Å². The van der Waals surface area contributed by atoms with Gasteiger partial charge < -0.3 is 14.2 Å². The van der Waals surface area contributed by atoms with Crippen molar-refractivity contribution in [1.82, 2.24) is 0 Å². The highest BCUT2D eigenvalue weighted by Crippen LogP contribution is 2.33. The molecule has 0 aromatic heterocycles. The Bertz CT molecular complexity index is 939. The van der Waals surface area contributed by atoms with Gasteiger partial charge in [0.05, 0.1) is 24.7 Å². The molecule has 0 fully saturated rings. The molecule has 0 N–H and O–H groups in total. The number of alkyl halides is 3. The third-order valence-corrected chi connectivity index (χ3v) is 6.55. The summed E-state index contributed by atoms with van der Waals surface area (Å²) in [6.07, 6.45) is 8.53. The normalized spacial score (nSPS) is 12.1. The summed E-state index contributed by atoms with van der Waals surface area (Å²) in [6, 6.07) is 13.1. The lowest BCUT2D eigenvalue weighted by molar-refractivity contribution is -0.179. The number of esters is 1. The number of halogens is 3. The smallest absolute Gasteiger partial charge is 0.391 e. The van der Waals surface area contributed by atoms with E-state index in [2.05, 4.69) is 6.58 Å². The number of rotatable bonds is 20. The van der Waals surface area contributed by atoms with E-state index in [0.29, 0.717) is 35.8 Å². The van der Waals surface area contributed by atoms with Crippen molar-refractivity contribution in [2.24, 2.45) is 5.92 Å². The van der Waals surface area contributed by atoms with Crippen LogP contribution in [0.15, 0.2) is 61.2 Å². The molecule has 0 aliphatic heterocycles. The van der Waals surface area contributed by atoms with Crippen LogP contribution >= 0.6 is 0 Å². The standard InChI is InChI=1S/C32H43F3O4/c1-3-5-7-8-9-10-11-12-13-24-37-28-17-15-26(16-18-28)31(36)39-30-21-19-29(20-22-30)38-25-23-27(14-6-4-2)32(33,34)35/h3,15-22,27H,1,4-14,23-25H2,2H3. The number of carbonyl (C=O) groups is 1. The second-order valence-electron chi connectivity index (χ2n) is 9.80. The number of unbranched alkanes of at least 4 members (excludes halogenated alkanes) is 8. The van der Waals surface area contributed by atoms with Gasteiger partial charge in [-0.25, -0.2) is 4.79 Å². The number of hydrogen-bond donors (Lipinski definition) is 0. The van der Waals surface area contributed by atoms with Crippen LogP contribution in [0.2, 0.25) is 0 Å². The molecule has 0 bridgehead atoms. The molecule has 0 saturated carbocycles. The minimum atomic E-state index is -4.22. The first-order valence-electron chi connectivity index (χ1n) is 14.2. The SMILES string of the molecule is C=CCCCCCCCCCOc1ccc(C(=O)Oc2ccc(OCCC(CCCC)C(F)(F)F)cc2)cc1. The maximum atomic E-state index is 13.1. The van der Waals surface area contributed by atoms with Crippen LogP contribution in [-0.4, -0.2) is 25.4 Å². The molecular formula is C32H43F3O4. The molecule has 0 aliphatic carbocycles. The first-order valence-corrected chi connectivity index (χ1v) is 14.2. The van der Waals surface area contributed by atoms with Gasteiger partial charge in [-0.1, -0.05) is 57.9 Å². The Morgan fingerprint density at radius 3 is 1.90 bits per heavy atom. The zero-order chi connectivity index (χ0) is 28.3. The number of carbonyl (C=O) groups excluding carboxylic acids is 1. The van der Waals surface area contributed by atoms with Crippen molar-refractivity contribution in [2.75, 3.05) is 13.2 Å². The summed E-state index contributed by atoms with van der Waals surface area (Å²) >= 11 is 0. The Kier molecular flexibility index (Phi) is 15.2. The third kappa shape index (κ3) is 13.6. The Hall–Kier alpha value is -2.96. The Labute approximate surface area is 231 Å². The molecule has 0 spiro atoms. The van der Waals surface area contributed by atoms with Crippen LogP contribution in [0, 0.1) is 5.92 Å². The Morgan fingerprint density at radius 1 is 0.769 bits per heavy atom. The molecule has 1 unspecified atom stereocenters. The van der Waals surface area contributed by atoms with Crippen LogP contribution in [0.3, 0.4) is 0 Å². The molecule has 2 aromatic carbocycles. The second-order valence-corrected chi connectivity index (χ2v) is 9.80. The second kappa shape index (κ2) is 18.3. The van der Waals surface area contributed by atoms with Gasteiger partial charge in [0.15, 0.2) is 0 Å². The average molecular weight is 549 g/mol. The average Bonchev–Trinajstić information content (AvgIpc) is 2.92. The van der Waals surface area contributed by atoms with E-state index in [0.717, 1.165) is 25.7 Å². The predicted octanol–water partition coefficient (Wildman–Crippen LogP) is 9.73. The summed E-state index contributed by atoms with van der Waals surface area (Å²) in [7, 11) is 0. The lowest BCUT2D eigenvalue weighted by Gasteiger charge is -2.20. The first kappa shape index (κ1) is 32.3. The number of benzene rings is 2. The van der Waals surface area contributed by atoms with Crippen LogP contribution in [-0.2, 0) is 0 Å². The Balaban J connectivity index is 1.67. The summed E-state index contributed by atoms with van der Waals surface area (Å²) in [6.45, 7) is 6.23. The van der Waals surface area contributed by atoms with E-state index in [4.69, 9.17) is 14.2 Å². The molecule has 0 saturated heterocycles. The quantitative estimate of drug-likeness (QED) is 0.0715. The van der Waals surface area contributed by atoms with E-state index >= 15 is 0 Å². The molecule has 39 heavy (non-hydrogen) atoms. The van der Waals surface area contributed by atoms with E-state index in [1.54, 1.807) is 48.5 Å². The van der Waals surface area contributed by atoms with Crippen LogP contribution in [0.5, 0.6) is 17.2 Å². The van der Waals surface area contributed by atoms with E-state index in [1.807, 2.05) is 13.0 Å². The van der Waals surface area contributed by atoms with E-state index in [1.165, 1.54) is 32.1 Å². The van der Waals surface area contributed by atoms with Crippen LogP contribution < -0.4 is 14.2 Å². The predicted molar refractivity (Wildman–Crippen MR) is 150 cm³/mol. The van der Waals surface area contributed by atoms with E-state index in [-0.39, 0.29) is 19.4 Å². The van der Waals surface area contributed by atoms with Gasteiger partial charge >= 0.3 is 12.1 Å². The van der Waals surface area contributed by atoms with Crippen molar-refractivity contribution in [3.8, 4) is 17.2 Å². The van der Waals surface area contributed by atoms with Crippen LogP contribution in [0.25, 0.3) is 0 Å². The molecule has 0 amide bonds. The van der Waals surface area contributed by atoms with Gasteiger partial charge in [-0.2, -0.15) is 13.2 Å². The van der Waals surface area contributed by atoms with E-state index in [9.17, 15) is 18.0 Å². The van der Waals surface area contributed by atoms with Gasteiger partial charge in [-0.15, -0.1) is 6.58 Å². The van der Waals surface area contributed by atoms with Gasteiger partial charge in [0.25, 0.3) is 0 Å². The maximum Gasteiger partial charge on any atom is 0.391 e. The van der Waals surface area contributed by atoms with Crippen molar-refractivity contribution in [2.45, 2.75) is 90.1 Å². The zero-order valence-electron chi connectivity index (χ0n) is 23.1. The fourth-order valence-electron chi connectivity index (χ4n) is 4.16. The fourth-order valence-corrected chi connectivity index (χ4v) is 4.16. The summed E-state index contributed by atoms with van der Waals surface area (Å²) in [5.74, 6) is -0.408. The molecule has 216 valence electrons. The topological polar surface area (TPSA) is 44.8 Å². The molecular weight excluding hydrogens is 505 g/mol. The summed E-state index contributed by atoms with van der Waals surface area (Å²) < 4.78 is 56.1. The Morgan fingerprint density at radius 2 is 1.31 bits per heavy atom. The van der Waals surface area contributed by atoms with Gasteiger partial charge in [0.2, 0.25) is 0 Å². The molecule has 7 heteroatoms. The van der Waals surface area contributed by atoms with Gasteiger partial charge in [-0.05, 0) is 80.6 Å². The number of allylic oxidation sites excluding steroid dienone is 1. The molecule has 4 nitrogen and oxygen atoms in total. The third-order valence-electron chi connectivity index (χ3n) is 6.55. The number of hydrogen-bond acceptors (Lipinski definition) is 4. The van der Waals surface area contributed by atoms with Crippen molar-refractivity contribution >= 4 is 5.97 Å². The first-order chi connectivity index (χ1) is 18.8. The highest BCUT2D eigenvalue weighted by molar-refractivity contribution is 5.91. The molecule has 2 aromatic rings. The van der Waals surface area contributed by atoms with E-state index < -0.39 is 18.1 Å². The van der Waals surface area contributed by atoms with Crippen molar-refractivity contribution < 1.29 is 32.2 Å². The van der Waals surface area contributed by atoms with Gasteiger partial charge in [-0.3, -0.25) is 0 Å². The maximum absolute atomic E-state index is 13.1. The lowest BCUT2D eigenvalue weighted by atomic mass is 9.98. The van der Waals surface area contributed by atoms with Crippen LogP contribution in [0.4, 0.5) is 13.2 Å². The highest BCUT2D eigenvalue weighted by atomic mass is 19.4. The summed E-state index contributed by atoms with van der Waals surface area (Å²) in [5, 5.41) is 0. The van der Waals surface area contributed by atoms with Crippen molar-refractivity contribution in [3.63, 3.8) is 0 Å². The lowest BCUT2D eigenvalue weighted by Crippen LogP contribution is -2.24. The monoisotopic (exact) mass is 548 g/mol. The molecule has 0 radical (unpaired) electrons. The number of ether oxygens (including phenoxy) is 3. The van der Waals surface area contributed by atoms with Gasteiger partial charge in [0, 0.05) is 0 Å². The molecule has 0 heterocycles. The minimum absolute atomic E-state index is 0.0299. The molecule has 0 aliphatic rings. The summed E-state index contributed by atoms with van der Waals surface area (Å²) in [5.41, 5.74) is 0.393. The minimum Gasteiger partial charge on any atom is -0.494 e. The van der Waals surface area contributed by atoms with Crippen molar-refractivity contribution in [1.29, 1.82) is 0 Å².